The zero-order valence-corrected chi connectivity index (χ0v) is 11.6. The maximum atomic E-state index is 4.39. The first kappa shape index (κ1) is 12.8. The van der Waals surface area contributed by atoms with Crippen molar-refractivity contribution in [2.75, 3.05) is 5.75 Å². The highest BCUT2D eigenvalue weighted by Gasteiger charge is 2.01. The minimum absolute atomic E-state index is 0.964. The van der Waals surface area contributed by atoms with Crippen molar-refractivity contribution in [2.24, 2.45) is 0 Å². The summed E-state index contributed by atoms with van der Waals surface area (Å²) in [4.78, 5) is 0. The fourth-order valence-electron chi connectivity index (χ4n) is 1.55. The molecule has 92 valence electrons. The van der Waals surface area contributed by atoms with Crippen molar-refractivity contribution in [3.63, 3.8) is 0 Å². The molecule has 1 aromatic heterocycles. The van der Waals surface area contributed by atoms with Crippen molar-refractivity contribution in [3.05, 3.63) is 24.3 Å². The Bertz CT molecular complexity index is 423. The lowest BCUT2D eigenvalue weighted by Gasteiger charge is -1.98. The Kier molecular flexibility index (Phi) is 5.19. The van der Waals surface area contributed by atoms with Crippen LogP contribution < -0.4 is 0 Å². The zero-order chi connectivity index (χ0) is 11.9. The first-order chi connectivity index (χ1) is 8.40. The van der Waals surface area contributed by atoms with Crippen molar-refractivity contribution < 1.29 is 0 Å². The molecule has 0 amide bonds. The van der Waals surface area contributed by atoms with Crippen LogP contribution in [0.25, 0.3) is 11.0 Å². The van der Waals surface area contributed by atoms with Gasteiger partial charge in [0.05, 0.1) is 11.0 Å². The molecule has 2 rings (SSSR count). The molecular formula is C12H17N3S2. The van der Waals surface area contributed by atoms with Crippen molar-refractivity contribution in [3.8, 4) is 0 Å². The van der Waals surface area contributed by atoms with Gasteiger partial charge in [-0.3, -0.25) is 0 Å². The Morgan fingerprint density at radius 2 is 1.76 bits per heavy atom. The van der Waals surface area contributed by atoms with Gasteiger partial charge in [0.15, 0.2) is 0 Å². The molecule has 2 aromatic rings. The van der Waals surface area contributed by atoms with Gasteiger partial charge in [-0.15, -0.1) is 14.4 Å². The van der Waals surface area contributed by atoms with Crippen LogP contribution in [-0.4, -0.2) is 20.2 Å². The summed E-state index contributed by atoms with van der Waals surface area (Å²) < 4.78 is 1.72. The van der Waals surface area contributed by atoms with Gasteiger partial charge in [0.1, 0.15) is 11.0 Å². The number of aromatic nitrogens is 3. The molecule has 3 nitrogen and oxygen atoms in total. The number of benzene rings is 1. The summed E-state index contributed by atoms with van der Waals surface area (Å²) in [6.45, 7) is 2.24. The normalized spacial score (nSPS) is 11.1. The molecule has 0 spiro atoms. The summed E-state index contributed by atoms with van der Waals surface area (Å²) in [5.74, 6) is 1.17. The number of hydrogen-bond donors (Lipinski definition) is 0. The van der Waals surface area contributed by atoms with Gasteiger partial charge in [0.2, 0.25) is 0 Å². The first-order valence-electron chi connectivity index (χ1n) is 6.02. The van der Waals surface area contributed by atoms with Crippen LogP contribution in [0.5, 0.6) is 0 Å². The largest absolute Gasteiger partial charge is 0.141 e. The Balaban J connectivity index is 1.75. The summed E-state index contributed by atoms with van der Waals surface area (Å²) in [7, 11) is 3.44. The van der Waals surface area contributed by atoms with Crippen molar-refractivity contribution in [2.45, 2.75) is 32.6 Å². The molecule has 0 unspecified atom stereocenters. The Morgan fingerprint density at radius 3 is 2.41 bits per heavy atom. The van der Waals surface area contributed by atoms with Crippen LogP contribution in [0.15, 0.2) is 24.3 Å². The third kappa shape index (κ3) is 3.92. The number of nitrogens with zero attached hydrogens (tertiary/aromatic N) is 3. The second-order valence-electron chi connectivity index (χ2n) is 3.90. The van der Waals surface area contributed by atoms with E-state index in [0.717, 1.165) is 11.0 Å². The summed E-state index contributed by atoms with van der Waals surface area (Å²) in [6, 6.07) is 7.96. The number of fused-ring (bicyclic) bond motifs is 1. The van der Waals surface area contributed by atoms with Gasteiger partial charge in [0.25, 0.3) is 0 Å². The van der Waals surface area contributed by atoms with Gasteiger partial charge in [-0.2, -0.15) is 0 Å². The molecule has 0 saturated heterocycles. The first-order valence-corrected chi connectivity index (χ1v) is 8.30. The summed E-state index contributed by atoms with van der Waals surface area (Å²) in [6.07, 6.45) is 5.25. The van der Waals surface area contributed by atoms with Crippen LogP contribution in [0, 0.1) is 0 Å². The molecule has 0 radical (unpaired) electrons. The van der Waals surface area contributed by atoms with Crippen LogP contribution in [0.1, 0.15) is 32.6 Å². The minimum atomic E-state index is 0.964. The topological polar surface area (TPSA) is 30.7 Å². The van der Waals surface area contributed by atoms with E-state index in [9.17, 15) is 0 Å². The van der Waals surface area contributed by atoms with E-state index in [4.69, 9.17) is 0 Å². The highest BCUT2D eigenvalue weighted by molar-refractivity contribution is 8.76. The Labute approximate surface area is 110 Å². The standard InChI is InChI=1S/C12H17N3S2/c1-2-3-4-7-10-16-17-15-13-11-8-5-6-9-12(11)14-15/h5-6,8-9H,2-4,7,10H2,1H3. The maximum Gasteiger partial charge on any atom is 0.114 e. The lowest BCUT2D eigenvalue weighted by molar-refractivity contribution is 0.707. The van der Waals surface area contributed by atoms with Gasteiger partial charge in [-0.05, 0) is 18.6 Å². The zero-order valence-electron chi connectivity index (χ0n) is 10.0. The SMILES string of the molecule is CCCCCCSSn1nc2ccccc2n1. The van der Waals surface area contributed by atoms with Gasteiger partial charge >= 0.3 is 0 Å². The number of unbranched alkanes of at least 4 members (excludes halogenated alkanes) is 3. The fourth-order valence-corrected chi connectivity index (χ4v) is 3.34. The predicted octanol–water partition coefficient (Wildman–Crippen LogP) is 4.16. The molecule has 1 aromatic carbocycles. The van der Waals surface area contributed by atoms with Crippen molar-refractivity contribution in [1.82, 2.24) is 14.4 Å². The average Bonchev–Trinajstić information content (AvgIpc) is 2.76. The fraction of sp³-hybridized carbons (Fsp3) is 0.500. The second kappa shape index (κ2) is 6.91. The molecule has 0 atom stereocenters. The Morgan fingerprint density at radius 1 is 1.06 bits per heavy atom. The summed E-state index contributed by atoms with van der Waals surface area (Å²) in [5.41, 5.74) is 1.93. The van der Waals surface area contributed by atoms with Crippen molar-refractivity contribution in [1.29, 1.82) is 0 Å². The highest BCUT2D eigenvalue weighted by Crippen LogP contribution is 2.24. The van der Waals surface area contributed by atoms with E-state index in [-0.39, 0.29) is 0 Å². The molecule has 17 heavy (non-hydrogen) atoms. The molecule has 5 heteroatoms. The van der Waals surface area contributed by atoms with Gasteiger partial charge < -0.3 is 0 Å². The van der Waals surface area contributed by atoms with E-state index < -0.39 is 0 Å². The van der Waals surface area contributed by atoms with Gasteiger partial charge in [0, 0.05) is 5.75 Å². The molecule has 0 N–H and O–H groups in total. The Hall–Kier alpha value is -0.680. The van der Waals surface area contributed by atoms with E-state index in [1.165, 1.54) is 31.4 Å². The lowest BCUT2D eigenvalue weighted by atomic mass is 10.2. The lowest BCUT2D eigenvalue weighted by Crippen LogP contribution is -1.89. The molecule has 0 aliphatic rings. The van der Waals surface area contributed by atoms with E-state index >= 15 is 0 Å². The monoisotopic (exact) mass is 267 g/mol. The van der Waals surface area contributed by atoms with Crippen LogP contribution in [0.2, 0.25) is 0 Å². The molecular weight excluding hydrogens is 250 g/mol. The minimum Gasteiger partial charge on any atom is -0.141 e. The predicted molar refractivity (Wildman–Crippen MR) is 77.1 cm³/mol. The molecule has 0 saturated carbocycles. The summed E-state index contributed by atoms with van der Waals surface area (Å²) in [5, 5.41) is 8.79. The van der Waals surface area contributed by atoms with Crippen LogP contribution >= 0.6 is 21.8 Å². The molecule has 0 bridgehead atoms. The molecule has 0 fully saturated rings. The van der Waals surface area contributed by atoms with E-state index in [1.807, 2.05) is 35.1 Å². The average molecular weight is 267 g/mol. The number of rotatable bonds is 7. The van der Waals surface area contributed by atoms with Gasteiger partial charge in [-0.25, -0.2) is 0 Å². The van der Waals surface area contributed by atoms with Crippen LogP contribution in [0.4, 0.5) is 0 Å². The third-order valence-electron chi connectivity index (χ3n) is 2.47. The third-order valence-corrected chi connectivity index (χ3v) is 4.54. The molecule has 1 heterocycles. The summed E-state index contributed by atoms with van der Waals surface area (Å²) >= 11 is 0. The van der Waals surface area contributed by atoms with E-state index in [2.05, 4.69) is 17.1 Å². The number of hydrogen-bond acceptors (Lipinski definition) is 4. The van der Waals surface area contributed by atoms with Gasteiger partial charge in [-0.1, -0.05) is 49.1 Å². The van der Waals surface area contributed by atoms with E-state index in [1.54, 1.807) is 15.2 Å². The quantitative estimate of drug-likeness (QED) is 0.557. The second-order valence-corrected chi connectivity index (χ2v) is 6.17. The maximum absolute atomic E-state index is 4.39. The van der Waals surface area contributed by atoms with E-state index in [0.29, 0.717) is 0 Å². The smallest absolute Gasteiger partial charge is 0.114 e. The van der Waals surface area contributed by atoms with Crippen LogP contribution in [-0.2, 0) is 0 Å². The van der Waals surface area contributed by atoms with Crippen LogP contribution in [0.3, 0.4) is 0 Å². The van der Waals surface area contributed by atoms with Crippen molar-refractivity contribution >= 4 is 32.8 Å². The molecule has 0 aliphatic carbocycles. The highest BCUT2D eigenvalue weighted by atomic mass is 33.1. The molecule has 0 aliphatic heterocycles.